The van der Waals surface area contributed by atoms with Crippen LogP contribution in [-0.4, -0.2) is 84.2 Å². The lowest BCUT2D eigenvalue weighted by molar-refractivity contribution is -0.153. The topological polar surface area (TPSA) is 146 Å². The van der Waals surface area contributed by atoms with Gasteiger partial charge in [-0.1, -0.05) is 0 Å². The van der Waals surface area contributed by atoms with Gasteiger partial charge in [-0.2, -0.15) is 13.5 Å². The molecule has 13 heteroatoms. The molecule has 0 radical (unpaired) electrons. The van der Waals surface area contributed by atoms with E-state index in [0.717, 1.165) is 9.91 Å². The molecule has 0 aliphatic carbocycles. The SMILES string of the molecule is O=C(NN1CCOCC1=O)[C@@H]1CCC2CN1C(=O)N2OS(=O)(=O)O. The van der Waals surface area contributed by atoms with Crippen molar-refractivity contribution in [3.8, 4) is 0 Å². The molecule has 12 nitrogen and oxygen atoms in total. The number of hydroxylamine groups is 2. The van der Waals surface area contributed by atoms with Crippen molar-refractivity contribution in [1.29, 1.82) is 0 Å². The second kappa shape index (κ2) is 6.16. The molecule has 0 saturated carbocycles. The first kappa shape index (κ1) is 16.9. The number of carbonyl (C=O) groups is 3. The molecule has 0 spiro atoms. The maximum Gasteiger partial charge on any atom is 0.418 e. The van der Waals surface area contributed by atoms with Crippen LogP contribution in [0, 0.1) is 0 Å². The Labute approximate surface area is 137 Å². The molecule has 3 heterocycles. The van der Waals surface area contributed by atoms with E-state index in [4.69, 9.17) is 9.29 Å². The number of nitrogens with zero attached hydrogens (tertiary/aromatic N) is 3. The van der Waals surface area contributed by atoms with Crippen LogP contribution in [0.15, 0.2) is 0 Å². The summed E-state index contributed by atoms with van der Waals surface area (Å²) in [6.45, 7) is 0.443. The summed E-state index contributed by atoms with van der Waals surface area (Å²) in [5.74, 6) is -0.946. The highest BCUT2D eigenvalue weighted by Crippen LogP contribution is 2.30. The van der Waals surface area contributed by atoms with Crippen LogP contribution < -0.4 is 5.43 Å². The third-order valence-corrected chi connectivity index (χ3v) is 4.38. The van der Waals surface area contributed by atoms with Gasteiger partial charge in [-0.15, -0.1) is 4.28 Å². The average molecular weight is 364 g/mol. The molecular weight excluding hydrogens is 348 g/mol. The quantitative estimate of drug-likeness (QED) is 0.538. The summed E-state index contributed by atoms with van der Waals surface area (Å²) in [5.41, 5.74) is 2.45. The molecule has 24 heavy (non-hydrogen) atoms. The molecule has 2 bridgehead atoms. The van der Waals surface area contributed by atoms with Gasteiger partial charge in [0.05, 0.1) is 19.2 Å². The third kappa shape index (κ3) is 3.28. The fourth-order valence-electron chi connectivity index (χ4n) is 2.95. The Morgan fingerprint density at radius 2 is 2.08 bits per heavy atom. The third-order valence-electron chi connectivity index (χ3n) is 4.03. The van der Waals surface area contributed by atoms with Crippen molar-refractivity contribution < 1.29 is 36.4 Å². The van der Waals surface area contributed by atoms with Crippen molar-refractivity contribution in [2.75, 3.05) is 26.3 Å². The van der Waals surface area contributed by atoms with Crippen molar-refractivity contribution in [2.45, 2.75) is 24.9 Å². The molecule has 134 valence electrons. The number of urea groups is 1. The number of hydrazine groups is 1. The number of hydrogen-bond donors (Lipinski definition) is 2. The molecule has 4 amide bonds. The predicted octanol–water partition coefficient (Wildman–Crippen LogP) is -2.12. The number of ether oxygens (including phenoxy) is 1. The van der Waals surface area contributed by atoms with Gasteiger partial charge in [-0.25, -0.2) is 9.80 Å². The van der Waals surface area contributed by atoms with E-state index in [9.17, 15) is 22.8 Å². The summed E-state index contributed by atoms with van der Waals surface area (Å²) in [6, 6.07) is -2.27. The van der Waals surface area contributed by atoms with Gasteiger partial charge in [0.2, 0.25) is 0 Å². The molecule has 0 aromatic carbocycles. The van der Waals surface area contributed by atoms with Gasteiger partial charge in [0.15, 0.2) is 0 Å². The first-order valence-electron chi connectivity index (χ1n) is 7.22. The Balaban J connectivity index is 1.67. The Bertz CT molecular complexity index is 667. The van der Waals surface area contributed by atoms with Crippen molar-refractivity contribution in [3.63, 3.8) is 0 Å². The minimum absolute atomic E-state index is 0.0868. The standard InChI is InChI=1S/C11H16N4O8S/c16-9-6-22-4-3-14(9)12-10(17)8-2-1-7-5-13(8)11(18)15(7)23-24(19,20)21/h7-8H,1-6H2,(H,12,17)(H,19,20,21)/t7?,8-/m0/s1. The molecule has 0 aromatic heterocycles. The zero-order valence-electron chi connectivity index (χ0n) is 12.5. The number of rotatable bonds is 4. The second-order valence-corrected chi connectivity index (χ2v) is 6.59. The van der Waals surface area contributed by atoms with Gasteiger partial charge in [0, 0.05) is 6.54 Å². The molecule has 3 aliphatic heterocycles. The fraction of sp³-hybridized carbons (Fsp3) is 0.727. The zero-order chi connectivity index (χ0) is 17.5. The van der Waals surface area contributed by atoms with Crippen molar-refractivity contribution in [1.82, 2.24) is 20.4 Å². The van der Waals surface area contributed by atoms with E-state index < -0.39 is 40.3 Å². The Kier molecular flexibility index (Phi) is 4.33. The number of fused-ring (bicyclic) bond motifs is 2. The van der Waals surface area contributed by atoms with Crippen LogP contribution in [0.1, 0.15) is 12.8 Å². The van der Waals surface area contributed by atoms with E-state index in [1.54, 1.807) is 0 Å². The van der Waals surface area contributed by atoms with Crippen molar-refractivity contribution in [3.05, 3.63) is 0 Å². The molecule has 0 aromatic rings. The lowest BCUT2D eigenvalue weighted by Crippen LogP contribution is -2.58. The minimum Gasteiger partial charge on any atom is -0.370 e. The Morgan fingerprint density at radius 1 is 1.33 bits per heavy atom. The van der Waals surface area contributed by atoms with Crippen LogP contribution in [-0.2, 0) is 29.0 Å². The van der Waals surface area contributed by atoms with E-state index in [1.165, 1.54) is 0 Å². The van der Waals surface area contributed by atoms with Crippen LogP contribution in [0.5, 0.6) is 0 Å². The lowest BCUT2D eigenvalue weighted by Gasteiger charge is -2.33. The number of hydrogen-bond acceptors (Lipinski definition) is 7. The highest BCUT2D eigenvalue weighted by molar-refractivity contribution is 7.80. The monoisotopic (exact) mass is 364 g/mol. The van der Waals surface area contributed by atoms with E-state index >= 15 is 0 Å². The van der Waals surface area contributed by atoms with Crippen LogP contribution >= 0.6 is 0 Å². The smallest absolute Gasteiger partial charge is 0.370 e. The molecule has 1 unspecified atom stereocenters. The molecular formula is C11H16N4O8S. The fourth-order valence-corrected chi connectivity index (χ4v) is 3.34. The molecule has 3 fully saturated rings. The molecule has 3 rings (SSSR count). The summed E-state index contributed by atoms with van der Waals surface area (Å²) >= 11 is 0. The van der Waals surface area contributed by atoms with E-state index in [2.05, 4.69) is 9.71 Å². The van der Waals surface area contributed by atoms with Crippen LogP contribution in [0.3, 0.4) is 0 Å². The number of morpholine rings is 1. The first-order chi connectivity index (χ1) is 11.3. The van der Waals surface area contributed by atoms with Gasteiger partial charge in [0.1, 0.15) is 12.6 Å². The van der Waals surface area contributed by atoms with E-state index in [1.807, 2.05) is 0 Å². The highest BCUT2D eigenvalue weighted by atomic mass is 32.3. The number of amides is 4. The summed E-state index contributed by atoms with van der Waals surface area (Å²) < 4.78 is 39.6. The van der Waals surface area contributed by atoms with Crippen LogP contribution in [0.25, 0.3) is 0 Å². The van der Waals surface area contributed by atoms with Crippen LogP contribution in [0.2, 0.25) is 0 Å². The Morgan fingerprint density at radius 3 is 2.75 bits per heavy atom. The maximum absolute atomic E-state index is 12.4. The largest absolute Gasteiger partial charge is 0.418 e. The number of nitrogens with one attached hydrogen (secondary N) is 1. The summed E-state index contributed by atoms with van der Waals surface area (Å²) in [5, 5.41) is 1.69. The van der Waals surface area contributed by atoms with Crippen LogP contribution in [0.4, 0.5) is 4.79 Å². The first-order valence-corrected chi connectivity index (χ1v) is 8.58. The van der Waals surface area contributed by atoms with Crippen molar-refractivity contribution >= 4 is 28.2 Å². The number of carbonyl (C=O) groups excluding carboxylic acids is 3. The normalized spacial score (nSPS) is 27.6. The second-order valence-electron chi connectivity index (χ2n) is 5.58. The minimum atomic E-state index is -4.84. The Hall–Kier alpha value is -1.96. The molecule has 3 saturated heterocycles. The number of piperidine rings is 1. The van der Waals surface area contributed by atoms with Gasteiger partial charge in [-0.05, 0) is 12.8 Å². The van der Waals surface area contributed by atoms with Gasteiger partial charge >= 0.3 is 16.4 Å². The van der Waals surface area contributed by atoms with Gasteiger partial charge in [-0.3, -0.25) is 19.6 Å². The van der Waals surface area contributed by atoms with E-state index in [0.29, 0.717) is 11.5 Å². The molecule has 2 atom stereocenters. The molecule has 3 aliphatic rings. The molecule has 2 N–H and O–H groups in total. The summed E-state index contributed by atoms with van der Waals surface area (Å²) in [7, 11) is -4.84. The van der Waals surface area contributed by atoms with Gasteiger partial charge in [0.25, 0.3) is 11.8 Å². The average Bonchev–Trinajstić information content (AvgIpc) is 2.73. The van der Waals surface area contributed by atoms with Crippen molar-refractivity contribution in [2.24, 2.45) is 0 Å². The summed E-state index contributed by atoms with van der Waals surface area (Å²) in [6.07, 6.45) is 0.582. The maximum atomic E-state index is 12.4. The van der Waals surface area contributed by atoms with Gasteiger partial charge < -0.3 is 9.64 Å². The highest BCUT2D eigenvalue weighted by Gasteiger charge is 2.49. The zero-order valence-corrected chi connectivity index (χ0v) is 13.3. The van der Waals surface area contributed by atoms with E-state index in [-0.39, 0.29) is 32.7 Å². The lowest BCUT2D eigenvalue weighted by atomic mass is 10.0. The predicted molar refractivity (Wildman–Crippen MR) is 74.1 cm³/mol. The summed E-state index contributed by atoms with van der Waals surface area (Å²) in [4.78, 5) is 37.4.